The lowest BCUT2D eigenvalue weighted by atomic mass is 10.1. The molecule has 1 aromatic rings. The summed E-state index contributed by atoms with van der Waals surface area (Å²) in [6, 6.07) is 7.50. The minimum absolute atomic E-state index is 0.0541. The molecule has 3 nitrogen and oxygen atoms in total. The van der Waals surface area contributed by atoms with Gasteiger partial charge in [-0.2, -0.15) is 0 Å². The highest BCUT2D eigenvalue weighted by Crippen LogP contribution is 2.05. The Hall–Kier alpha value is -1.64. The maximum absolute atomic E-state index is 11.6. The molecule has 0 aliphatic rings. The number of oxime groups is 1. The van der Waals surface area contributed by atoms with Crippen molar-refractivity contribution in [2.24, 2.45) is 5.16 Å². The van der Waals surface area contributed by atoms with Crippen molar-refractivity contribution in [3.63, 3.8) is 0 Å². The molecule has 0 atom stereocenters. The Labute approximate surface area is 89.7 Å². The number of aryl methyl sites for hydroxylation is 1. The molecule has 0 N–H and O–H groups in total. The van der Waals surface area contributed by atoms with Crippen LogP contribution in [0, 0.1) is 6.92 Å². The van der Waals surface area contributed by atoms with Gasteiger partial charge >= 0.3 is 0 Å². The van der Waals surface area contributed by atoms with Crippen molar-refractivity contribution < 1.29 is 9.63 Å². The normalized spacial score (nSPS) is 10.5. The van der Waals surface area contributed by atoms with Gasteiger partial charge in [-0.15, -0.1) is 0 Å². The molecule has 0 aliphatic carbocycles. The summed E-state index contributed by atoms with van der Waals surface area (Å²) in [7, 11) is 0. The van der Waals surface area contributed by atoms with Crippen molar-refractivity contribution >= 4 is 12.0 Å². The third-order valence-corrected chi connectivity index (χ3v) is 1.93. The summed E-state index contributed by atoms with van der Waals surface area (Å²) in [5, 5.41) is 3.63. The number of Topliss-reactive ketones (excluding diaryl/α,β-unsaturated/α-hetero) is 1. The summed E-state index contributed by atoms with van der Waals surface area (Å²) in [6.07, 6.45) is 1.77. The van der Waals surface area contributed by atoms with Gasteiger partial charge in [0.2, 0.25) is 0 Å². The first-order valence-corrected chi connectivity index (χ1v) is 4.97. The highest BCUT2D eigenvalue weighted by atomic mass is 16.6. The van der Waals surface area contributed by atoms with Crippen molar-refractivity contribution in [2.75, 3.05) is 6.61 Å². The van der Waals surface area contributed by atoms with E-state index < -0.39 is 0 Å². The van der Waals surface area contributed by atoms with Crippen LogP contribution in [-0.2, 0) is 4.84 Å². The van der Waals surface area contributed by atoms with Crippen molar-refractivity contribution in [2.45, 2.75) is 20.3 Å². The molecule has 0 aromatic heterocycles. The summed E-state index contributed by atoms with van der Waals surface area (Å²) < 4.78 is 0. The van der Waals surface area contributed by atoms with Gasteiger partial charge in [-0.05, 0) is 13.8 Å². The Bertz CT molecular complexity index is 341. The number of carbonyl (C=O) groups is 1. The Morgan fingerprint density at radius 2 is 2.07 bits per heavy atom. The summed E-state index contributed by atoms with van der Waals surface area (Å²) >= 11 is 0. The summed E-state index contributed by atoms with van der Waals surface area (Å²) in [6.45, 7) is 4.36. The van der Waals surface area contributed by atoms with E-state index in [0.29, 0.717) is 12.2 Å². The predicted molar refractivity (Wildman–Crippen MR) is 60.2 cm³/mol. The van der Waals surface area contributed by atoms with Crippen LogP contribution in [0.25, 0.3) is 0 Å². The molecular weight excluding hydrogens is 190 g/mol. The molecule has 3 heteroatoms. The van der Waals surface area contributed by atoms with E-state index in [0.717, 1.165) is 5.56 Å². The lowest BCUT2D eigenvalue weighted by Gasteiger charge is -1.98. The van der Waals surface area contributed by atoms with E-state index in [1.54, 1.807) is 0 Å². The Balaban J connectivity index is 2.50. The van der Waals surface area contributed by atoms with E-state index in [1.807, 2.05) is 38.1 Å². The van der Waals surface area contributed by atoms with Crippen LogP contribution in [-0.4, -0.2) is 18.6 Å². The molecule has 0 amide bonds. The molecule has 80 valence electrons. The highest BCUT2D eigenvalue weighted by Gasteiger charge is 2.02. The largest absolute Gasteiger partial charge is 0.396 e. The SMILES string of the molecule is CCO/N=C/CC(=O)c1ccc(C)cc1. The average Bonchev–Trinajstić information content (AvgIpc) is 2.25. The van der Waals surface area contributed by atoms with Crippen LogP contribution in [0.3, 0.4) is 0 Å². The number of hydrogen-bond donors (Lipinski definition) is 0. The first-order chi connectivity index (χ1) is 7.24. The Morgan fingerprint density at radius 1 is 1.40 bits per heavy atom. The molecule has 1 rings (SSSR count). The molecule has 0 fully saturated rings. The zero-order valence-electron chi connectivity index (χ0n) is 9.06. The van der Waals surface area contributed by atoms with Gasteiger partial charge in [0.15, 0.2) is 5.78 Å². The van der Waals surface area contributed by atoms with Gasteiger partial charge < -0.3 is 4.84 Å². The zero-order chi connectivity index (χ0) is 11.1. The molecule has 0 heterocycles. The van der Waals surface area contributed by atoms with Gasteiger partial charge in [0.25, 0.3) is 0 Å². The minimum atomic E-state index is 0.0541. The number of ketones is 1. The lowest BCUT2D eigenvalue weighted by molar-refractivity contribution is 0.0998. The second-order valence-electron chi connectivity index (χ2n) is 3.20. The molecule has 0 spiro atoms. The summed E-state index contributed by atoms with van der Waals surface area (Å²) in [5.41, 5.74) is 1.86. The van der Waals surface area contributed by atoms with Crippen molar-refractivity contribution in [1.29, 1.82) is 0 Å². The van der Waals surface area contributed by atoms with Crippen LogP contribution in [0.5, 0.6) is 0 Å². The molecule has 0 radical (unpaired) electrons. The fraction of sp³-hybridized carbons (Fsp3) is 0.333. The zero-order valence-corrected chi connectivity index (χ0v) is 9.06. The van der Waals surface area contributed by atoms with Gasteiger partial charge in [-0.1, -0.05) is 35.0 Å². The summed E-state index contributed by atoms with van der Waals surface area (Å²) in [5.74, 6) is 0.0541. The number of benzene rings is 1. The topological polar surface area (TPSA) is 38.7 Å². The van der Waals surface area contributed by atoms with Gasteiger partial charge in [-0.3, -0.25) is 4.79 Å². The number of rotatable bonds is 5. The van der Waals surface area contributed by atoms with E-state index in [1.165, 1.54) is 6.21 Å². The molecule has 1 aromatic carbocycles. The van der Waals surface area contributed by atoms with Crippen LogP contribution in [0.2, 0.25) is 0 Å². The Kier molecular flexibility index (Phi) is 4.54. The van der Waals surface area contributed by atoms with Gasteiger partial charge in [0.1, 0.15) is 6.61 Å². The van der Waals surface area contributed by atoms with Gasteiger partial charge in [0, 0.05) is 12.0 Å². The van der Waals surface area contributed by atoms with Crippen molar-refractivity contribution in [3.05, 3.63) is 35.4 Å². The first kappa shape index (κ1) is 11.4. The van der Waals surface area contributed by atoms with E-state index in [4.69, 9.17) is 4.84 Å². The fourth-order valence-electron chi connectivity index (χ4n) is 1.10. The highest BCUT2D eigenvalue weighted by molar-refractivity contribution is 6.03. The molecule has 15 heavy (non-hydrogen) atoms. The monoisotopic (exact) mass is 205 g/mol. The first-order valence-electron chi connectivity index (χ1n) is 4.97. The number of hydrogen-bond acceptors (Lipinski definition) is 3. The molecule has 0 saturated heterocycles. The minimum Gasteiger partial charge on any atom is -0.396 e. The molecule has 0 unspecified atom stereocenters. The van der Waals surface area contributed by atoms with E-state index in [2.05, 4.69) is 5.16 Å². The van der Waals surface area contributed by atoms with Crippen LogP contribution < -0.4 is 0 Å². The predicted octanol–water partition coefficient (Wildman–Crippen LogP) is 2.59. The molecular formula is C12H15NO2. The molecule has 0 aliphatic heterocycles. The number of nitrogens with zero attached hydrogens (tertiary/aromatic N) is 1. The average molecular weight is 205 g/mol. The van der Waals surface area contributed by atoms with Crippen molar-refractivity contribution in [3.8, 4) is 0 Å². The lowest BCUT2D eigenvalue weighted by Crippen LogP contribution is -1.99. The molecule has 0 saturated carbocycles. The second-order valence-corrected chi connectivity index (χ2v) is 3.20. The van der Waals surface area contributed by atoms with Gasteiger partial charge in [-0.25, -0.2) is 0 Å². The van der Waals surface area contributed by atoms with E-state index in [9.17, 15) is 4.79 Å². The van der Waals surface area contributed by atoms with Crippen LogP contribution in [0.4, 0.5) is 0 Å². The Morgan fingerprint density at radius 3 is 2.67 bits per heavy atom. The standard InChI is InChI=1S/C12H15NO2/c1-3-15-13-9-8-12(14)11-6-4-10(2)5-7-11/h4-7,9H,3,8H2,1-2H3/b13-9+. The van der Waals surface area contributed by atoms with Gasteiger partial charge in [0.05, 0.1) is 6.21 Å². The maximum atomic E-state index is 11.6. The number of carbonyl (C=O) groups excluding carboxylic acids is 1. The van der Waals surface area contributed by atoms with E-state index in [-0.39, 0.29) is 12.2 Å². The van der Waals surface area contributed by atoms with Crippen molar-refractivity contribution in [1.82, 2.24) is 0 Å². The fourth-order valence-corrected chi connectivity index (χ4v) is 1.10. The van der Waals surface area contributed by atoms with Crippen LogP contribution in [0.1, 0.15) is 29.3 Å². The van der Waals surface area contributed by atoms with E-state index >= 15 is 0 Å². The summed E-state index contributed by atoms with van der Waals surface area (Å²) in [4.78, 5) is 16.3. The third kappa shape index (κ3) is 3.94. The third-order valence-electron chi connectivity index (χ3n) is 1.93. The van der Waals surface area contributed by atoms with Crippen LogP contribution in [0.15, 0.2) is 29.4 Å². The quantitative estimate of drug-likeness (QED) is 0.421. The smallest absolute Gasteiger partial charge is 0.168 e. The molecule has 0 bridgehead atoms. The second kappa shape index (κ2) is 5.96. The van der Waals surface area contributed by atoms with Crippen LogP contribution >= 0.6 is 0 Å². The maximum Gasteiger partial charge on any atom is 0.168 e.